The average Bonchev–Trinajstić information content (AvgIpc) is 3.04. The molecule has 5 nitrogen and oxygen atoms in total. The predicted octanol–water partition coefficient (Wildman–Crippen LogP) is 2.69. The second-order valence-electron chi connectivity index (χ2n) is 5.86. The van der Waals surface area contributed by atoms with Crippen LogP contribution in [0.4, 0.5) is 4.39 Å². The number of aromatic nitrogens is 2. The summed E-state index contributed by atoms with van der Waals surface area (Å²) in [5.41, 5.74) is 4.13. The van der Waals surface area contributed by atoms with Crippen molar-refractivity contribution >= 4 is 11.6 Å². The summed E-state index contributed by atoms with van der Waals surface area (Å²) in [6, 6.07) is 12.6. The maximum Gasteiger partial charge on any atom is 0.191 e. The molecular weight excluding hydrogens is 317 g/mol. The number of pyridine rings is 1. The smallest absolute Gasteiger partial charge is 0.191 e. The van der Waals surface area contributed by atoms with Crippen molar-refractivity contribution in [3.8, 4) is 0 Å². The molecule has 2 N–H and O–H groups in total. The number of hydrogen-bond acceptors (Lipinski definition) is 2. The molecule has 3 rings (SSSR count). The second-order valence-corrected chi connectivity index (χ2v) is 5.86. The van der Waals surface area contributed by atoms with Gasteiger partial charge in [0.05, 0.1) is 12.2 Å². The van der Waals surface area contributed by atoms with Gasteiger partial charge < -0.3 is 15.0 Å². The van der Waals surface area contributed by atoms with Gasteiger partial charge in [-0.25, -0.2) is 9.37 Å². The van der Waals surface area contributed by atoms with Crippen LogP contribution in [0.2, 0.25) is 0 Å². The van der Waals surface area contributed by atoms with Crippen molar-refractivity contribution < 1.29 is 4.39 Å². The number of rotatable bonds is 5. The summed E-state index contributed by atoms with van der Waals surface area (Å²) < 4.78 is 15.0. The Bertz CT molecular complexity index is 867. The summed E-state index contributed by atoms with van der Waals surface area (Å²) in [5.74, 6) is 0.507. The first-order valence-corrected chi connectivity index (χ1v) is 8.28. The third-order valence-electron chi connectivity index (χ3n) is 4.03. The molecular formula is C19H22FN5. The van der Waals surface area contributed by atoms with Crippen LogP contribution in [0.25, 0.3) is 5.65 Å². The lowest BCUT2D eigenvalue weighted by molar-refractivity contribution is 0.626. The molecule has 0 aliphatic heterocycles. The highest BCUT2D eigenvalue weighted by atomic mass is 19.1. The minimum Gasteiger partial charge on any atom is -0.356 e. The van der Waals surface area contributed by atoms with Gasteiger partial charge in [-0.15, -0.1) is 0 Å². The van der Waals surface area contributed by atoms with E-state index in [4.69, 9.17) is 0 Å². The fraction of sp³-hybridized carbons (Fsp3) is 0.263. The summed E-state index contributed by atoms with van der Waals surface area (Å²) >= 11 is 0. The summed E-state index contributed by atoms with van der Waals surface area (Å²) in [4.78, 5) is 8.82. The normalized spacial score (nSPS) is 11.7. The molecule has 0 fully saturated rings. The molecule has 0 atom stereocenters. The van der Waals surface area contributed by atoms with Gasteiger partial charge in [-0.2, -0.15) is 0 Å². The van der Waals surface area contributed by atoms with E-state index in [9.17, 15) is 4.39 Å². The van der Waals surface area contributed by atoms with Crippen LogP contribution in [0.1, 0.15) is 17.0 Å². The van der Waals surface area contributed by atoms with E-state index in [0.29, 0.717) is 6.54 Å². The van der Waals surface area contributed by atoms with E-state index in [-0.39, 0.29) is 5.82 Å². The van der Waals surface area contributed by atoms with E-state index in [1.807, 2.05) is 18.3 Å². The van der Waals surface area contributed by atoms with Gasteiger partial charge >= 0.3 is 0 Å². The monoisotopic (exact) mass is 339 g/mol. The van der Waals surface area contributed by atoms with Gasteiger partial charge in [0.2, 0.25) is 0 Å². The van der Waals surface area contributed by atoms with Crippen LogP contribution in [0, 0.1) is 12.7 Å². The fourth-order valence-electron chi connectivity index (χ4n) is 2.66. The van der Waals surface area contributed by atoms with E-state index >= 15 is 0 Å². The highest BCUT2D eigenvalue weighted by molar-refractivity contribution is 5.79. The highest BCUT2D eigenvalue weighted by Gasteiger charge is 2.04. The maximum atomic E-state index is 12.9. The molecule has 0 amide bonds. The van der Waals surface area contributed by atoms with Gasteiger partial charge in [-0.05, 0) is 43.2 Å². The molecule has 1 aromatic carbocycles. The Morgan fingerprint density at radius 1 is 1.16 bits per heavy atom. The highest BCUT2D eigenvalue weighted by Crippen LogP contribution is 2.08. The number of halogens is 1. The van der Waals surface area contributed by atoms with Crippen LogP contribution in [0.15, 0.2) is 53.7 Å². The SMILES string of the molecule is CN=C(NCCc1ccc(F)cc1)NCc1cn2c(C)cccc2n1. The van der Waals surface area contributed by atoms with Crippen molar-refractivity contribution in [2.75, 3.05) is 13.6 Å². The predicted molar refractivity (Wildman–Crippen MR) is 98.2 cm³/mol. The molecule has 3 aromatic rings. The first-order valence-electron chi connectivity index (χ1n) is 8.28. The van der Waals surface area contributed by atoms with Gasteiger partial charge in [0.15, 0.2) is 5.96 Å². The molecule has 0 aliphatic rings. The van der Waals surface area contributed by atoms with Gasteiger partial charge in [-0.3, -0.25) is 4.99 Å². The quantitative estimate of drug-likeness (QED) is 0.555. The standard InChI is InChI=1S/C19H22FN5/c1-14-4-3-5-18-24-17(13-25(14)18)12-23-19(21-2)22-11-10-15-6-8-16(20)9-7-15/h3-9,13H,10-12H2,1-2H3,(H2,21,22,23). The average molecular weight is 339 g/mol. The Morgan fingerprint density at radius 3 is 2.68 bits per heavy atom. The number of hydrogen-bond donors (Lipinski definition) is 2. The Morgan fingerprint density at radius 2 is 1.96 bits per heavy atom. The Kier molecular flexibility index (Phi) is 5.28. The molecule has 0 unspecified atom stereocenters. The van der Waals surface area contributed by atoms with E-state index in [0.717, 1.165) is 41.5 Å². The number of guanidine groups is 1. The molecule has 0 aliphatic carbocycles. The van der Waals surface area contributed by atoms with Crippen molar-refractivity contribution in [1.29, 1.82) is 0 Å². The molecule has 0 bridgehead atoms. The number of nitrogens with zero attached hydrogens (tertiary/aromatic N) is 3. The molecule has 2 aromatic heterocycles. The van der Waals surface area contributed by atoms with Crippen molar-refractivity contribution in [3.63, 3.8) is 0 Å². The molecule has 0 saturated carbocycles. The maximum absolute atomic E-state index is 12.9. The van der Waals surface area contributed by atoms with Gasteiger partial charge in [-0.1, -0.05) is 18.2 Å². The van der Waals surface area contributed by atoms with E-state index in [1.165, 1.54) is 12.1 Å². The summed E-state index contributed by atoms with van der Waals surface area (Å²) in [6.45, 7) is 3.37. The van der Waals surface area contributed by atoms with Crippen molar-refractivity contribution in [2.45, 2.75) is 19.9 Å². The zero-order valence-electron chi connectivity index (χ0n) is 14.5. The lowest BCUT2D eigenvalue weighted by Gasteiger charge is -2.11. The zero-order valence-corrected chi connectivity index (χ0v) is 14.5. The van der Waals surface area contributed by atoms with E-state index in [2.05, 4.69) is 38.0 Å². The number of aliphatic imine (C=N–C) groups is 1. The van der Waals surface area contributed by atoms with Crippen molar-refractivity contribution in [3.05, 3.63) is 71.4 Å². The van der Waals surface area contributed by atoms with Gasteiger partial charge in [0, 0.05) is 25.5 Å². The topological polar surface area (TPSA) is 53.7 Å². The van der Waals surface area contributed by atoms with Crippen molar-refractivity contribution in [1.82, 2.24) is 20.0 Å². The third-order valence-corrected chi connectivity index (χ3v) is 4.03. The van der Waals surface area contributed by atoms with Gasteiger partial charge in [0.25, 0.3) is 0 Å². The van der Waals surface area contributed by atoms with E-state index < -0.39 is 0 Å². The summed E-state index contributed by atoms with van der Waals surface area (Å²) in [5, 5.41) is 6.52. The molecule has 130 valence electrons. The molecule has 6 heteroatoms. The first kappa shape index (κ1) is 17.0. The van der Waals surface area contributed by atoms with Crippen LogP contribution in [-0.2, 0) is 13.0 Å². The van der Waals surface area contributed by atoms with Crippen LogP contribution in [0.3, 0.4) is 0 Å². The zero-order chi connectivity index (χ0) is 17.6. The van der Waals surface area contributed by atoms with Gasteiger partial charge in [0.1, 0.15) is 11.5 Å². The summed E-state index contributed by atoms with van der Waals surface area (Å²) in [6.07, 6.45) is 2.83. The minimum atomic E-state index is -0.211. The largest absolute Gasteiger partial charge is 0.356 e. The molecule has 0 radical (unpaired) electrons. The minimum absolute atomic E-state index is 0.211. The number of aryl methyl sites for hydroxylation is 1. The molecule has 0 saturated heterocycles. The second kappa shape index (κ2) is 7.79. The van der Waals surface area contributed by atoms with Crippen LogP contribution < -0.4 is 10.6 Å². The lowest BCUT2D eigenvalue weighted by Crippen LogP contribution is -2.37. The Balaban J connectivity index is 1.51. The third kappa shape index (κ3) is 4.35. The van der Waals surface area contributed by atoms with Crippen LogP contribution in [-0.4, -0.2) is 28.9 Å². The molecule has 25 heavy (non-hydrogen) atoms. The number of fused-ring (bicyclic) bond motifs is 1. The Hall–Kier alpha value is -2.89. The Labute approximate surface area is 146 Å². The molecule has 0 spiro atoms. The molecule has 2 heterocycles. The van der Waals surface area contributed by atoms with Crippen LogP contribution >= 0.6 is 0 Å². The van der Waals surface area contributed by atoms with E-state index in [1.54, 1.807) is 19.2 Å². The lowest BCUT2D eigenvalue weighted by atomic mass is 10.1. The number of benzene rings is 1. The first-order chi connectivity index (χ1) is 12.2. The summed E-state index contributed by atoms with van der Waals surface area (Å²) in [7, 11) is 1.74. The van der Waals surface area contributed by atoms with Crippen LogP contribution in [0.5, 0.6) is 0 Å². The fourth-order valence-corrected chi connectivity index (χ4v) is 2.66. The number of imidazole rings is 1. The number of nitrogens with one attached hydrogen (secondary N) is 2. The van der Waals surface area contributed by atoms with Crippen molar-refractivity contribution in [2.24, 2.45) is 4.99 Å².